The molecule has 1 aliphatic rings. The summed E-state index contributed by atoms with van der Waals surface area (Å²) >= 11 is 0. The molecule has 0 radical (unpaired) electrons. The Kier molecular flexibility index (Phi) is 4.19. The number of hydrogen-bond donors (Lipinski definition) is 1. The van der Waals surface area contributed by atoms with Crippen LogP contribution in [0.15, 0.2) is 36.5 Å². The van der Waals surface area contributed by atoms with Crippen LogP contribution < -0.4 is 5.32 Å². The van der Waals surface area contributed by atoms with E-state index in [0.29, 0.717) is 5.82 Å². The molecule has 2 heterocycles. The molecule has 0 spiro atoms. The van der Waals surface area contributed by atoms with Gasteiger partial charge in [-0.1, -0.05) is 19.1 Å². The highest BCUT2D eigenvalue weighted by atomic mass is 16.2. The lowest BCUT2D eigenvalue weighted by molar-refractivity contribution is -0.117. The quantitative estimate of drug-likeness (QED) is 0.737. The fourth-order valence-electron chi connectivity index (χ4n) is 3.26. The van der Waals surface area contributed by atoms with Gasteiger partial charge in [-0.3, -0.25) is 9.78 Å². The number of nitrogens with one attached hydrogen (secondary N) is 1. The van der Waals surface area contributed by atoms with Crippen LogP contribution in [0.3, 0.4) is 0 Å². The minimum Gasteiger partial charge on any atom is -0.310 e. The monoisotopic (exact) mass is 345 g/mol. The molecule has 0 saturated heterocycles. The number of carbonyl (C=O) groups excluding carboxylic acids is 1. The van der Waals surface area contributed by atoms with Crippen LogP contribution in [-0.2, 0) is 11.2 Å². The molecular formula is C22H23N3O. The molecule has 1 saturated carbocycles. The molecular weight excluding hydrogens is 322 g/mol. The third-order valence-corrected chi connectivity index (χ3v) is 5.09. The van der Waals surface area contributed by atoms with Gasteiger partial charge in [0, 0.05) is 34.1 Å². The van der Waals surface area contributed by atoms with E-state index in [1.807, 2.05) is 19.2 Å². The van der Waals surface area contributed by atoms with Crippen molar-refractivity contribution in [3.63, 3.8) is 0 Å². The molecule has 3 aromatic rings. The third-order valence-electron chi connectivity index (χ3n) is 5.09. The number of nitrogens with zero attached hydrogens (tertiary/aromatic N) is 2. The van der Waals surface area contributed by atoms with Crippen LogP contribution in [0.2, 0.25) is 0 Å². The zero-order chi connectivity index (χ0) is 18.3. The Bertz CT molecular complexity index is 1010. The van der Waals surface area contributed by atoms with Gasteiger partial charge in [0.05, 0.1) is 5.69 Å². The van der Waals surface area contributed by atoms with Crippen molar-refractivity contribution >= 4 is 22.5 Å². The fraction of sp³-hybridized carbons (Fsp3) is 0.318. The maximum absolute atomic E-state index is 12.0. The average Bonchev–Trinajstić information content (AvgIpc) is 3.48. The van der Waals surface area contributed by atoms with Gasteiger partial charge in [0.15, 0.2) is 0 Å². The molecule has 4 heteroatoms. The second kappa shape index (κ2) is 6.52. The molecule has 2 aromatic heterocycles. The zero-order valence-electron chi connectivity index (χ0n) is 15.5. The van der Waals surface area contributed by atoms with E-state index in [1.54, 1.807) is 0 Å². The van der Waals surface area contributed by atoms with Crippen LogP contribution in [0.4, 0.5) is 5.82 Å². The predicted octanol–water partition coefficient (Wildman–Crippen LogP) is 4.82. The second-order valence-corrected chi connectivity index (χ2v) is 7.15. The summed E-state index contributed by atoms with van der Waals surface area (Å²) in [7, 11) is 0. The van der Waals surface area contributed by atoms with Gasteiger partial charge in [0.2, 0.25) is 5.91 Å². The summed E-state index contributed by atoms with van der Waals surface area (Å²) in [5, 5.41) is 4.98. The van der Waals surface area contributed by atoms with Crippen molar-refractivity contribution < 1.29 is 4.79 Å². The number of hydrogen-bond acceptors (Lipinski definition) is 3. The SMILES string of the molecule is CCc1ccc(C)c(-c2cc3cnc(NC(=O)C4CC4)cc3c(C)n2)c1. The number of aryl methyl sites for hydroxylation is 3. The van der Waals surface area contributed by atoms with Gasteiger partial charge in [-0.05, 0) is 62.4 Å². The smallest absolute Gasteiger partial charge is 0.228 e. The number of amides is 1. The lowest BCUT2D eigenvalue weighted by atomic mass is 9.99. The van der Waals surface area contributed by atoms with Crippen LogP contribution >= 0.6 is 0 Å². The van der Waals surface area contributed by atoms with Crippen LogP contribution in [-0.4, -0.2) is 15.9 Å². The van der Waals surface area contributed by atoms with Gasteiger partial charge < -0.3 is 5.32 Å². The highest BCUT2D eigenvalue weighted by molar-refractivity contribution is 5.96. The average molecular weight is 345 g/mol. The standard InChI is InChI=1S/C22H23N3O/c1-4-15-6-5-13(2)18(9-15)20-10-17-12-23-21(11-19(17)14(3)24-20)25-22(26)16-7-8-16/h5-6,9-12,16H,4,7-8H2,1-3H3,(H,23,25,26). The number of rotatable bonds is 4. The van der Waals surface area contributed by atoms with Gasteiger partial charge in [-0.25, -0.2) is 4.98 Å². The first-order valence-electron chi connectivity index (χ1n) is 9.23. The van der Waals surface area contributed by atoms with Gasteiger partial charge in [0.1, 0.15) is 5.82 Å². The maximum atomic E-state index is 12.0. The lowest BCUT2D eigenvalue weighted by Gasteiger charge is -2.11. The van der Waals surface area contributed by atoms with E-state index < -0.39 is 0 Å². The van der Waals surface area contributed by atoms with Gasteiger partial charge >= 0.3 is 0 Å². The van der Waals surface area contributed by atoms with Crippen LogP contribution in [0.5, 0.6) is 0 Å². The van der Waals surface area contributed by atoms with E-state index in [9.17, 15) is 4.79 Å². The first kappa shape index (κ1) is 16.7. The Morgan fingerprint density at radius 3 is 2.73 bits per heavy atom. The highest BCUT2D eigenvalue weighted by Crippen LogP contribution is 2.31. The molecule has 4 nitrogen and oxygen atoms in total. The predicted molar refractivity (Wildman–Crippen MR) is 105 cm³/mol. The molecule has 1 fully saturated rings. The minimum absolute atomic E-state index is 0.0751. The van der Waals surface area contributed by atoms with Crippen molar-refractivity contribution in [2.24, 2.45) is 5.92 Å². The largest absolute Gasteiger partial charge is 0.310 e. The van der Waals surface area contributed by atoms with Crippen molar-refractivity contribution in [2.75, 3.05) is 5.32 Å². The fourth-order valence-corrected chi connectivity index (χ4v) is 3.26. The highest BCUT2D eigenvalue weighted by Gasteiger charge is 2.29. The molecule has 4 rings (SSSR count). The number of carbonyl (C=O) groups is 1. The topological polar surface area (TPSA) is 54.9 Å². The van der Waals surface area contributed by atoms with E-state index in [4.69, 9.17) is 4.98 Å². The number of pyridine rings is 2. The minimum atomic E-state index is 0.0751. The molecule has 132 valence electrons. The van der Waals surface area contributed by atoms with Gasteiger partial charge in [-0.2, -0.15) is 0 Å². The Hall–Kier alpha value is -2.75. The summed E-state index contributed by atoms with van der Waals surface area (Å²) in [6.07, 6.45) is 4.81. The van der Waals surface area contributed by atoms with E-state index >= 15 is 0 Å². The second-order valence-electron chi connectivity index (χ2n) is 7.15. The third kappa shape index (κ3) is 3.19. The van der Waals surface area contributed by atoms with Crippen molar-refractivity contribution in [1.29, 1.82) is 0 Å². The van der Waals surface area contributed by atoms with E-state index in [-0.39, 0.29) is 11.8 Å². The summed E-state index contributed by atoms with van der Waals surface area (Å²) in [6, 6.07) is 10.6. The number of benzene rings is 1. The molecule has 0 unspecified atom stereocenters. The van der Waals surface area contributed by atoms with Crippen molar-refractivity contribution in [3.05, 3.63) is 53.3 Å². The number of aromatic nitrogens is 2. The first-order valence-corrected chi connectivity index (χ1v) is 9.23. The molecule has 1 N–H and O–H groups in total. The molecule has 1 aliphatic carbocycles. The maximum Gasteiger partial charge on any atom is 0.228 e. The Labute approximate surface area is 153 Å². The van der Waals surface area contributed by atoms with Crippen LogP contribution in [0.1, 0.15) is 36.6 Å². The molecule has 26 heavy (non-hydrogen) atoms. The normalized spacial score (nSPS) is 13.8. The zero-order valence-corrected chi connectivity index (χ0v) is 15.5. The summed E-state index contributed by atoms with van der Waals surface area (Å²) in [6.45, 7) is 6.29. The van der Waals surface area contributed by atoms with Crippen molar-refractivity contribution in [1.82, 2.24) is 9.97 Å². The Morgan fingerprint density at radius 2 is 2.00 bits per heavy atom. The Morgan fingerprint density at radius 1 is 1.19 bits per heavy atom. The number of fused-ring (bicyclic) bond motifs is 1. The van der Waals surface area contributed by atoms with E-state index in [0.717, 1.165) is 41.4 Å². The van der Waals surface area contributed by atoms with Crippen LogP contribution in [0, 0.1) is 19.8 Å². The van der Waals surface area contributed by atoms with Crippen molar-refractivity contribution in [3.8, 4) is 11.3 Å². The molecule has 0 atom stereocenters. The van der Waals surface area contributed by atoms with E-state index in [1.165, 1.54) is 16.7 Å². The van der Waals surface area contributed by atoms with Crippen LogP contribution in [0.25, 0.3) is 22.0 Å². The number of anilines is 1. The van der Waals surface area contributed by atoms with Gasteiger partial charge in [-0.15, -0.1) is 0 Å². The Balaban J connectivity index is 1.74. The molecule has 0 bridgehead atoms. The lowest BCUT2D eigenvalue weighted by Crippen LogP contribution is -2.14. The molecule has 0 aliphatic heterocycles. The summed E-state index contributed by atoms with van der Waals surface area (Å²) in [4.78, 5) is 21.2. The summed E-state index contributed by atoms with van der Waals surface area (Å²) < 4.78 is 0. The van der Waals surface area contributed by atoms with Gasteiger partial charge in [0.25, 0.3) is 0 Å². The van der Waals surface area contributed by atoms with Crippen molar-refractivity contribution in [2.45, 2.75) is 40.0 Å². The summed E-state index contributed by atoms with van der Waals surface area (Å²) in [5.41, 5.74) is 5.61. The first-order chi connectivity index (χ1) is 12.5. The molecule has 1 amide bonds. The van der Waals surface area contributed by atoms with E-state index in [2.05, 4.69) is 48.4 Å². The molecule has 1 aromatic carbocycles. The summed E-state index contributed by atoms with van der Waals surface area (Å²) in [5.74, 6) is 0.852.